The Balaban J connectivity index is 2.07. The van der Waals surface area contributed by atoms with Gasteiger partial charge in [-0.2, -0.15) is 0 Å². The molecule has 1 aliphatic heterocycles. The van der Waals surface area contributed by atoms with Gasteiger partial charge in [0.15, 0.2) is 0 Å². The van der Waals surface area contributed by atoms with Crippen LogP contribution in [0.2, 0.25) is 0 Å². The second-order valence-corrected chi connectivity index (χ2v) is 4.41. The second-order valence-electron chi connectivity index (χ2n) is 4.41. The summed E-state index contributed by atoms with van der Waals surface area (Å²) in [5.74, 6) is -0.641. The molecule has 0 spiro atoms. The van der Waals surface area contributed by atoms with Crippen molar-refractivity contribution in [2.45, 2.75) is 12.8 Å². The van der Waals surface area contributed by atoms with Gasteiger partial charge in [-0.1, -0.05) is 0 Å². The average molecular weight is 237 g/mol. The summed E-state index contributed by atoms with van der Waals surface area (Å²) in [5, 5.41) is 0. The van der Waals surface area contributed by atoms with E-state index in [0.717, 1.165) is 5.69 Å². The molecule has 0 aromatic heterocycles. The third-order valence-electron chi connectivity index (χ3n) is 3.17. The van der Waals surface area contributed by atoms with Gasteiger partial charge >= 0.3 is 0 Å². The van der Waals surface area contributed by atoms with Crippen molar-refractivity contribution in [3.05, 3.63) is 24.0 Å². The highest BCUT2D eigenvalue weighted by Crippen LogP contribution is 2.25. The largest absolute Gasteiger partial charge is 0.399 e. The lowest BCUT2D eigenvalue weighted by molar-refractivity contribution is -0.122. The van der Waals surface area contributed by atoms with Crippen LogP contribution >= 0.6 is 0 Å². The van der Waals surface area contributed by atoms with Gasteiger partial charge in [0.05, 0.1) is 0 Å². The van der Waals surface area contributed by atoms with Crippen molar-refractivity contribution in [2.24, 2.45) is 11.7 Å². The summed E-state index contributed by atoms with van der Waals surface area (Å²) < 4.78 is 13.2. The fourth-order valence-corrected chi connectivity index (χ4v) is 2.20. The normalized spacial score (nSPS) is 17.1. The van der Waals surface area contributed by atoms with Crippen LogP contribution in [0.25, 0.3) is 0 Å². The third-order valence-corrected chi connectivity index (χ3v) is 3.17. The Morgan fingerprint density at radius 1 is 1.29 bits per heavy atom. The summed E-state index contributed by atoms with van der Waals surface area (Å²) >= 11 is 0. The summed E-state index contributed by atoms with van der Waals surface area (Å²) in [6.07, 6.45) is 1.43. The monoisotopic (exact) mass is 237 g/mol. The van der Waals surface area contributed by atoms with Gasteiger partial charge in [-0.25, -0.2) is 4.39 Å². The molecule has 4 N–H and O–H groups in total. The summed E-state index contributed by atoms with van der Waals surface area (Å²) in [6.45, 7) is 1.41. The molecular formula is C12H16FN3O. The van der Waals surface area contributed by atoms with Gasteiger partial charge in [0.1, 0.15) is 5.82 Å². The zero-order valence-corrected chi connectivity index (χ0v) is 9.53. The van der Waals surface area contributed by atoms with Gasteiger partial charge in [0.25, 0.3) is 0 Å². The van der Waals surface area contributed by atoms with E-state index in [1.54, 1.807) is 6.07 Å². The van der Waals surface area contributed by atoms with Crippen LogP contribution in [0, 0.1) is 11.7 Å². The molecule has 1 saturated heterocycles. The maximum absolute atomic E-state index is 13.2. The first-order valence-corrected chi connectivity index (χ1v) is 5.66. The number of carbonyl (C=O) groups excluding carboxylic acids is 1. The van der Waals surface area contributed by atoms with Crippen molar-refractivity contribution in [3.8, 4) is 0 Å². The molecule has 1 aromatic rings. The molecule has 4 nitrogen and oxygen atoms in total. The lowest BCUT2D eigenvalue weighted by atomic mass is 9.96. The number of anilines is 2. The van der Waals surface area contributed by atoms with Crippen LogP contribution in [0.5, 0.6) is 0 Å². The summed E-state index contributed by atoms with van der Waals surface area (Å²) in [6, 6.07) is 4.49. The molecule has 0 atom stereocenters. The molecule has 0 aliphatic carbocycles. The molecule has 0 radical (unpaired) electrons. The molecule has 1 amide bonds. The average Bonchev–Trinajstić information content (AvgIpc) is 2.28. The molecule has 1 aliphatic rings. The maximum Gasteiger partial charge on any atom is 0.220 e. The molecule has 0 bridgehead atoms. The fraction of sp³-hybridized carbons (Fsp3) is 0.417. The fourth-order valence-electron chi connectivity index (χ4n) is 2.20. The summed E-state index contributed by atoms with van der Waals surface area (Å²) in [4.78, 5) is 13.1. The molecular weight excluding hydrogens is 221 g/mol. The lowest BCUT2D eigenvalue weighted by Crippen LogP contribution is -2.38. The Morgan fingerprint density at radius 2 is 1.94 bits per heavy atom. The van der Waals surface area contributed by atoms with E-state index < -0.39 is 0 Å². The number of rotatable bonds is 2. The first-order chi connectivity index (χ1) is 8.06. The maximum atomic E-state index is 13.2. The Labute approximate surface area is 99.4 Å². The van der Waals surface area contributed by atoms with E-state index in [2.05, 4.69) is 0 Å². The summed E-state index contributed by atoms with van der Waals surface area (Å²) in [5.41, 5.74) is 12.0. The number of amides is 1. The number of piperidine rings is 1. The highest BCUT2D eigenvalue weighted by atomic mass is 19.1. The third kappa shape index (κ3) is 2.67. The van der Waals surface area contributed by atoms with Crippen molar-refractivity contribution in [1.82, 2.24) is 0 Å². The van der Waals surface area contributed by atoms with Gasteiger partial charge in [0.2, 0.25) is 5.91 Å². The van der Waals surface area contributed by atoms with Crippen LogP contribution in [0.1, 0.15) is 12.8 Å². The van der Waals surface area contributed by atoms with Crippen LogP contribution < -0.4 is 16.4 Å². The molecule has 92 valence electrons. The number of halogens is 1. The van der Waals surface area contributed by atoms with Crippen molar-refractivity contribution in [1.29, 1.82) is 0 Å². The summed E-state index contributed by atoms with van der Waals surface area (Å²) in [7, 11) is 0. The smallest absolute Gasteiger partial charge is 0.220 e. The Morgan fingerprint density at radius 3 is 2.47 bits per heavy atom. The van der Waals surface area contributed by atoms with E-state index in [4.69, 9.17) is 11.5 Å². The van der Waals surface area contributed by atoms with Gasteiger partial charge in [-0.3, -0.25) is 4.79 Å². The van der Waals surface area contributed by atoms with E-state index in [0.29, 0.717) is 31.6 Å². The van der Waals surface area contributed by atoms with E-state index >= 15 is 0 Å². The van der Waals surface area contributed by atoms with E-state index in [1.807, 2.05) is 4.90 Å². The van der Waals surface area contributed by atoms with E-state index in [1.165, 1.54) is 12.1 Å². The molecule has 0 unspecified atom stereocenters. The predicted octanol–water partition coefficient (Wildman–Crippen LogP) is 1.11. The lowest BCUT2D eigenvalue weighted by Gasteiger charge is -2.32. The Hall–Kier alpha value is -1.78. The van der Waals surface area contributed by atoms with E-state index in [-0.39, 0.29) is 17.6 Å². The van der Waals surface area contributed by atoms with Crippen molar-refractivity contribution in [3.63, 3.8) is 0 Å². The molecule has 17 heavy (non-hydrogen) atoms. The molecule has 5 heteroatoms. The number of hydrogen-bond acceptors (Lipinski definition) is 3. The Bertz CT molecular complexity index is 408. The number of nitrogens with two attached hydrogens (primary N) is 2. The topological polar surface area (TPSA) is 72.4 Å². The highest BCUT2D eigenvalue weighted by Gasteiger charge is 2.23. The number of hydrogen-bond donors (Lipinski definition) is 2. The molecule has 0 saturated carbocycles. The van der Waals surface area contributed by atoms with Gasteiger partial charge in [0, 0.05) is 30.4 Å². The first kappa shape index (κ1) is 11.7. The molecule has 1 heterocycles. The minimum Gasteiger partial charge on any atom is -0.399 e. The molecule has 2 rings (SSSR count). The van der Waals surface area contributed by atoms with Crippen LogP contribution in [-0.4, -0.2) is 19.0 Å². The zero-order valence-electron chi connectivity index (χ0n) is 9.53. The SMILES string of the molecule is NC(=O)C1CCN(c2cc(N)cc(F)c2)CC1. The number of nitrogen functional groups attached to an aromatic ring is 1. The van der Waals surface area contributed by atoms with Crippen molar-refractivity contribution >= 4 is 17.3 Å². The number of nitrogens with zero attached hydrogens (tertiary/aromatic N) is 1. The molecule has 1 aromatic carbocycles. The van der Waals surface area contributed by atoms with Crippen LogP contribution in [0.4, 0.5) is 15.8 Å². The molecule has 1 fully saturated rings. The minimum atomic E-state index is -0.336. The second kappa shape index (κ2) is 4.61. The van der Waals surface area contributed by atoms with Gasteiger partial charge in [-0.15, -0.1) is 0 Å². The van der Waals surface area contributed by atoms with Crippen LogP contribution in [0.15, 0.2) is 18.2 Å². The van der Waals surface area contributed by atoms with E-state index in [9.17, 15) is 9.18 Å². The quantitative estimate of drug-likeness (QED) is 0.757. The van der Waals surface area contributed by atoms with Crippen molar-refractivity contribution in [2.75, 3.05) is 23.7 Å². The van der Waals surface area contributed by atoms with Gasteiger partial charge in [-0.05, 0) is 31.0 Å². The Kier molecular flexibility index (Phi) is 3.17. The van der Waals surface area contributed by atoms with Crippen molar-refractivity contribution < 1.29 is 9.18 Å². The highest BCUT2D eigenvalue weighted by molar-refractivity contribution is 5.77. The first-order valence-electron chi connectivity index (χ1n) is 5.66. The number of primary amides is 1. The number of carbonyl (C=O) groups is 1. The zero-order chi connectivity index (χ0) is 12.4. The van der Waals surface area contributed by atoms with Gasteiger partial charge < -0.3 is 16.4 Å². The minimum absolute atomic E-state index is 0.0582. The van der Waals surface area contributed by atoms with Crippen LogP contribution in [0.3, 0.4) is 0 Å². The number of benzene rings is 1. The standard InChI is InChI=1S/C12H16FN3O/c13-9-5-10(14)7-11(6-9)16-3-1-8(2-4-16)12(15)17/h5-8H,1-4,14H2,(H2,15,17). The van der Waals surface area contributed by atoms with Crippen LogP contribution in [-0.2, 0) is 4.79 Å². The predicted molar refractivity (Wildman–Crippen MR) is 64.9 cm³/mol.